The monoisotopic (exact) mass is 662 g/mol. The first-order valence-corrected chi connectivity index (χ1v) is 17.9. The van der Waals surface area contributed by atoms with Gasteiger partial charge < -0.3 is 14.1 Å². The van der Waals surface area contributed by atoms with E-state index in [1.807, 2.05) is 0 Å². The average Bonchev–Trinajstić information content (AvgIpc) is 3.55. The van der Waals surface area contributed by atoms with Crippen molar-refractivity contribution < 1.29 is 4.74 Å². The normalized spacial score (nSPS) is 12.7. The van der Waals surface area contributed by atoms with Gasteiger partial charge in [0.1, 0.15) is 11.5 Å². The van der Waals surface area contributed by atoms with Crippen molar-refractivity contribution in [3.8, 4) is 50.6 Å². The minimum Gasteiger partial charge on any atom is -0.458 e. The Balaban J connectivity index is 1.22. The van der Waals surface area contributed by atoms with Gasteiger partial charge in [0.15, 0.2) is 0 Å². The first-order chi connectivity index (χ1) is 25.8. The van der Waals surface area contributed by atoms with Crippen LogP contribution >= 0.6 is 0 Å². The molecule has 0 N–H and O–H groups in total. The molecule has 0 saturated carbocycles. The predicted octanol–water partition coefficient (Wildman–Crippen LogP) is 11.1. The van der Waals surface area contributed by atoms with Crippen molar-refractivity contribution in [1.82, 2.24) is 4.57 Å². The summed E-state index contributed by atoms with van der Waals surface area (Å²) in [4.78, 5) is 2.53. The third-order valence-corrected chi connectivity index (χ3v) is 10.8. The number of rotatable bonds is 4. The lowest BCUT2D eigenvalue weighted by molar-refractivity contribution is 0.487. The number of fused-ring (bicyclic) bond motifs is 7. The maximum Gasteiger partial charge on any atom is 0.336 e. The van der Waals surface area contributed by atoms with Gasteiger partial charge in [-0.25, -0.2) is 0 Å². The van der Waals surface area contributed by atoms with Crippen LogP contribution in [0.4, 0.5) is 11.4 Å². The molecule has 2 aliphatic rings. The van der Waals surface area contributed by atoms with Gasteiger partial charge in [-0.3, -0.25) is 0 Å². The molecule has 0 unspecified atom stereocenters. The first kappa shape index (κ1) is 29.0. The van der Waals surface area contributed by atoms with Gasteiger partial charge in [-0.1, -0.05) is 140 Å². The molecule has 0 spiro atoms. The number of hydrogen-bond donors (Lipinski definition) is 0. The molecule has 242 valence electrons. The summed E-state index contributed by atoms with van der Waals surface area (Å²) in [6.45, 7) is -0.0864. The molecule has 0 bridgehead atoms. The molecule has 52 heavy (non-hydrogen) atoms. The van der Waals surface area contributed by atoms with Gasteiger partial charge in [0.05, 0.1) is 16.7 Å². The topological polar surface area (TPSA) is 17.4 Å². The highest BCUT2D eigenvalue weighted by molar-refractivity contribution is 6.92. The third-order valence-electron chi connectivity index (χ3n) is 10.8. The second kappa shape index (κ2) is 11.4. The van der Waals surface area contributed by atoms with Gasteiger partial charge >= 0.3 is 6.85 Å². The Labute approximate surface area is 302 Å². The van der Waals surface area contributed by atoms with Crippen LogP contribution in [0.15, 0.2) is 188 Å². The molecular weight excluding hydrogens is 631 g/mol. The summed E-state index contributed by atoms with van der Waals surface area (Å²) in [6.07, 6.45) is 0. The Morgan fingerprint density at radius 2 is 1.02 bits per heavy atom. The minimum absolute atomic E-state index is 0.0864. The van der Waals surface area contributed by atoms with Crippen molar-refractivity contribution in [3.63, 3.8) is 0 Å². The molecule has 9 aromatic rings. The second-order valence-corrected chi connectivity index (χ2v) is 13.7. The number of ether oxygens (including phenoxy) is 1. The molecule has 0 saturated heterocycles. The highest BCUT2D eigenvalue weighted by atomic mass is 16.5. The van der Waals surface area contributed by atoms with E-state index in [2.05, 4.69) is 197 Å². The summed E-state index contributed by atoms with van der Waals surface area (Å²) in [5.74, 6) is 1.78. The fraction of sp³-hybridized carbons (Fsp3) is 0. The van der Waals surface area contributed by atoms with Gasteiger partial charge in [0.2, 0.25) is 0 Å². The fourth-order valence-corrected chi connectivity index (χ4v) is 8.62. The van der Waals surface area contributed by atoms with E-state index in [0.717, 1.165) is 28.3 Å². The lowest BCUT2D eigenvalue weighted by atomic mass is 9.44. The summed E-state index contributed by atoms with van der Waals surface area (Å²) in [5.41, 5.74) is 15.3. The highest BCUT2D eigenvalue weighted by Gasteiger charge is 2.44. The van der Waals surface area contributed by atoms with Gasteiger partial charge in [-0.05, 0) is 75.7 Å². The van der Waals surface area contributed by atoms with Crippen molar-refractivity contribution >= 4 is 51.0 Å². The molecule has 2 aliphatic heterocycles. The summed E-state index contributed by atoms with van der Waals surface area (Å²) < 4.78 is 9.30. The van der Waals surface area contributed by atoms with E-state index < -0.39 is 0 Å². The second-order valence-electron chi connectivity index (χ2n) is 13.7. The molecule has 3 heterocycles. The van der Waals surface area contributed by atoms with Gasteiger partial charge in [0.25, 0.3) is 0 Å². The van der Waals surface area contributed by atoms with E-state index >= 15 is 0 Å². The summed E-state index contributed by atoms with van der Waals surface area (Å²) in [7, 11) is 0. The summed E-state index contributed by atoms with van der Waals surface area (Å²) in [5, 5.41) is 2.48. The Morgan fingerprint density at radius 1 is 0.404 bits per heavy atom. The highest BCUT2D eigenvalue weighted by Crippen LogP contribution is 2.47. The van der Waals surface area contributed by atoms with E-state index in [0.29, 0.717) is 0 Å². The molecule has 0 fully saturated rings. The number of anilines is 2. The first-order valence-electron chi connectivity index (χ1n) is 17.9. The number of para-hydroxylation sites is 4. The molecule has 0 atom stereocenters. The van der Waals surface area contributed by atoms with Gasteiger partial charge in [0, 0.05) is 39.2 Å². The van der Waals surface area contributed by atoms with Crippen LogP contribution in [0.3, 0.4) is 0 Å². The number of hydrogen-bond acceptors (Lipinski definition) is 2. The Morgan fingerprint density at radius 3 is 1.77 bits per heavy atom. The Bertz CT molecular complexity index is 2790. The van der Waals surface area contributed by atoms with Gasteiger partial charge in [-0.2, -0.15) is 0 Å². The zero-order valence-corrected chi connectivity index (χ0v) is 28.3. The number of nitrogens with zero attached hydrogens (tertiary/aromatic N) is 2. The minimum atomic E-state index is -0.0864. The predicted molar refractivity (Wildman–Crippen MR) is 217 cm³/mol. The molecule has 1 aromatic heterocycles. The van der Waals surface area contributed by atoms with Crippen molar-refractivity contribution in [1.29, 1.82) is 0 Å². The van der Waals surface area contributed by atoms with Crippen LogP contribution in [-0.2, 0) is 0 Å². The largest absolute Gasteiger partial charge is 0.458 e. The molecule has 0 amide bonds. The molecule has 0 aliphatic carbocycles. The fourth-order valence-electron chi connectivity index (χ4n) is 8.62. The lowest BCUT2D eigenvalue weighted by Gasteiger charge is -2.42. The maximum atomic E-state index is 6.90. The van der Waals surface area contributed by atoms with Crippen LogP contribution in [0.1, 0.15) is 0 Å². The molecule has 4 heteroatoms. The molecule has 0 radical (unpaired) electrons. The molecular formula is C48H31BN2O. The zero-order chi connectivity index (χ0) is 34.2. The number of benzene rings is 8. The van der Waals surface area contributed by atoms with E-state index in [9.17, 15) is 0 Å². The van der Waals surface area contributed by atoms with E-state index in [1.54, 1.807) is 0 Å². The molecule has 3 nitrogen and oxygen atoms in total. The summed E-state index contributed by atoms with van der Waals surface area (Å²) in [6, 6.07) is 67.9. The van der Waals surface area contributed by atoms with Crippen LogP contribution in [-0.4, -0.2) is 11.4 Å². The van der Waals surface area contributed by atoms with Crippen molar-refractivity contribution in [3.05, 3.63) is 188 Å². The van der Waals surface area contributed by atoms with Crippen LogP contribution in [0.5, 0.6) is 11.5 Å². The molecule has 11 rings (SSSR count). The van der Waals surface area contributed by atoms with Crippen LogP contribution in [0.25, 0.3) is 60.9 Å². The molecule has 8 aromatic carbocycles. The lowest BCUT2D eigenvalue weighted by Crippen LogP contribution is -2.59. The smallest absolute Gasteiger partial charge is 0.336 e. The quantitative estimate of drug-likeness (QED) is 0.175. The van der Waals surface area contributed by atoms with Crippen LogP contribution in [0, 0.1) is 0 Å². The van der Waals surface area contributed by atoms with Crippen molar-refractivity contribution in [2.75, 3.05) is 4.81 Å². The van der Waals surface area contributed by atoms with E-state index in [-0.39, 0.29) is 6.85 Å². The number of aromatic nitrogens is 1. The average molecular weight is 663 g/mol. The van der Waals surface area contributed by atoms with Crippen LogP contribution < -0.4 is 20.5 Å². The standard InChI is InChI=1S/C48H31BN2O/c1-3-15-32(16-4-1)36-19-7-8-20-37(36)33-27-28-40-41-30-35(50-43-24-12-9-21-38(43)39-22-10-13-25-44(39)50)31-47-48(41)49(42-23-11-14-26-46(42)52-47)51(45(40)29-33)34-17-5-2-6-18-34/h1-31H. The van der Waals surface area contributed by atoms with Crippen molar-refractivity contribution in [2.24, 2.45) is 0 Å². The van der Waals surface area contributed by atoms with E-state index in [1.165, 1.54) is 66.3 Å². The Hall–Kier alpha value is -6.78. The maximum absolute atomic E-state index is 6.90. The zero-order valence-electron chi connectivity index (χ0n) is 28.3. The third kappa shape index (κ3) is 4.28. The summed E-state index contributed by atoms with van der Waals surface area (Å²) >= 11 is 0. The van der Waals surface area contributed by atoms with Crippen LogP contribution in [0.2, 0.25) is 0 Å². The van der Waals surface area contributed by atoms with E-state index in [4.69, 9.17) is 4.74 Å². The van der Waals surface area contributed by atoms with Gasteiger partial charge in [-0.15, -0.1) is 0 Å². The SMILES string of the molecule is c1ccc(-c2ccccc2-c2ccc3c(c2)N(c2ccccc2)B2c4ccccc4Oc4cc(-n5c6ccccc6c6ccccc65)cc-3c42)cc1. The van der Waals surface area contributed by atoms with Crippen molar-refractivity contribution in [2.45, 2.75) is 0 Å². The Kier molecular flexibility index (Phi) is 6.35.